The highest BCUT2D eigenvalue weighted by Gasteiger charge is 2.32. The lowest BCUT2D eigenvalue weighted by molar-refractivity contribution is -0.123. The second-order valence-corrected chi connectivity index (χ2v) is 5.19. The largest absolute Gasteiger partial charge is 0.379 e. The van der Waals surface area contributed by atoms with Crippen LogP contribution in [0, 0.1) is 5.92 Å². The molecule has 6 nitrogen and oxygen atoms in total. The van der Waals surface area contributed by atoms with E-state index in [1.807, 2.05) is 6.92 Å². The average molecular weight is 255 g/mol. The van der Waals surface area contributed by atoms with Gasteiger partial charge in [0.05, 0.1) is 18.6 Å². The summed E-state index contributed by atoms with van der Waals surface area (Å²) in [5.41, 5.74) is 5.32. The average Bonchev–Trinajstić information content (AvgIpc) is 2.81. The van der Waals surface area contributed by atoms with Crippen LogP contribution in [0.25, 0.3) is 0 Å². The van der Waals surface area contributed by atoms with E-state index in [1.54, 1.807) is 4.90 Å². The van der Waals surface area contributed by atoms with Gasteiger partial charge in [-0.2, -0.15) is 0 Å². The van der Waals surface area contributed by atoms with Crippen LogP contribution in [-0.2, 0) is 9.53 Å². The Hall–Kier alpha value is -1.30. The standard InChI is InChI=1S/C12H21N3O3/c1-8-2-3-9(11(13)16)6-15(8)12(17)14-10-4-5-18-7-10/h8-10H,2-7H2,1H3,(H2,13,16)(H,14,17). The van der Waals surface area contributed by atoms with Crippen LogP contribution < -0.4 is 11.1 Å². The van der Waals surface area contributed by atoms with E-state index >= 15 is 0 Å². The highest BCUT2D eigenvalue weighted by Crippen LogP contribution is 2.22. The van der Waals surface area contributed by atoms with Crippen molar-refractivity contribution in [1.29, 1.82) is 0 Å². The van der Waals surface area contributed by atoms with Crippen LogP contribution in [0.3, 0.4) is 0 Å². The zero-order chi connectivity index (χ0) is 13.1. The molecule has 6 heteroatoms. The van der Waals surface area contributed by atoms with Crippen LogP contribution in [0.4, 0.5) is 4.79 Å². The monoisotopic (exact) mass is 255 g/mol. The Labute approximate surface area is 107 Å². The van der Waals surface area contributed by atoms with E-state index in [9.17, 15) is 9.59 Å². The zero-order valence-corrected chi connectivity index (χ0v) is 10.7. The number of ether oxygens (including phenoxy) is 1. The molecule has 3 N–H and O–H groups in total. The summed E-state index contributed by atoms with van der Waals surface area (Å²) in [7, 11) is 0. The Kier molecular flexibility index (Phi) is 4.06. The number of rotatable bonds is 2. The molecule has 3 atom stereocenters. The summed E-state index contributed by atoms with van der Waals surface area (Å²) in [6, 6.07) is 0.144. The van der Waals surface area contributed by atoms with Crippen molar-refractivity contribution >= 4 is 11.9 Å². The smallest absolute Gasteiger partial charge is 0.317 e. The molecule has 2 aliphatic heterocycles. The molecular formula is C12H21N3O3. The number of urea groups is 1. The van der Waals surface area contributed by atoms with Crippen molar-refractivity contribution in [2.45, 2.75) is 38.3 Å². The number of amides is 3. The number of nitrogens with two attached hydrogens (primary N) is 1. The van der Waals surface area contributed by atoms with E-state index in [-0.39, 0.29) is 29.9 Å². The Balaban J connectivity index is 1.91. The van der Waals surface area contributed by atoms with Gasteiger partial charge in [0.2, 0.25) is 5.91 Å². The number of primary amides is 1. The molecule has 2 aliphatic rings. The van der Waals surface area contributed by atoms with Crippen molar-refractivity contribution in [3.05, 3.63) is 0 Å². The maximum Gasteiger partial charge on any atom is 0.317 e. The summed E-state index contributed by atoms with van der Waals surface area (Å²) in [5.74, 6) is -0.532. The van der Waals surface area contributed by atoms with Gasteiger partial charge in [-0.15, -0.1) is 0 Å². The first kappa shape index (κ1) is 13.1. The number of hydrogen-bond donors (Lipinski definition) is 2. The summed E-state index contributed by atoms with van der Waals surface area (Å²) < 4.78 is 5.22. The molecule has 0 bridgehead atoms. The van der Waals surface area contributed by atoms with Gasteiger partial charge < -0.3 is 20.7 Å². The number of carbonyl (C=O) groups is 2. The molecule has 0 radical (unpaired) electrons. The van der Waals surface area contributed by atoms with Gasteiger partial charge in [0, 0.05) is 19.2 Å². The second kappa shape index (κ2) is 5.56. The lowest BCUT2D eigenvalue weighted by atomic mass is 9.93. The molecule has 0 spiro atoms. The number of carbonyl (C=O) groups excluding carboxylic acids is 2. The number of nitrogens with one attached hydrogen (secondary N) is 1. The maximum absolute atomic E-state index is 12.1. The van der Waals surface area contributed by atoms with Crippen molar-refractivity contribution in [1.82, 2.24) is 10.2 Å². The summed E-state index contributed by atoms with van der Waals surface area (Å²) in [5, 5.41) is 2.95. The first-order valence-corrected chi connectivity index (χ1v) is 6.52. The molecule has 18 heavy (non-hydrogen) atoms. The summed E-state index contributed by atoms with van der Waals surface area (Å²) >= 11 is 0. The maximum atomic E-state index is 12.1. The van der Waals surface area contributed by atoms with Crippen molar-refractivity contribution < 1.29 is 14.3 Å². The Morgan fingerprint density at radius 1 is 1.33 bits per heavy atom. The van der Waals surface area contributed by atoms with Gasteiger partial charge in [-0.3, -0.25) is 4.79 Å². The van der Waals surface area contributed by atoms with Gasteiger partial charge in [-0.05, 0) is 26.2 Å². The van der Waals surface area contributed by atoms with E-state index in [0.717, 1.165) is 19.3 Å². The highest BCUT2D eigenvalue weighted by atomic mass is 16.5. The van der Waals surface area contributed by atoms with Crippen molar-refractivity contribution in [2.24, 2.45) is 11.7 Å². The molecule has 2 fully saturated rings. The Morgan fingerprint density at radius 2 is 2.11 bits per heavy atom. The number of hydrogen-bond acceptors (Lipinski definition) is 3. The van der Waals surface area contributed by atoms with Gasteiger partial charge in [0.15, 0.2) is 0 Å². The first-order valence-electron chi connectivity index (χ1n) is 6.52. The summed E-state index contributed by atoms with van der Waals surface area (Å²) in [6.45, 7) is 3.70. The predicted octanol–water partition coefficient (Wildman–Crippen LogP) is 0.0707. The number of nitrogens with zero attached hydrogens (tertiary/aromatic N) is 1. The van der Waals surface area contributed by atoms with Crippen LogP contribution in [0.15, 0.2) is 0 Å². The molecule has 0 aromatic rings. The normalized spacial score (nSPS) is 32.3. The molecule has 2 rings (SSSR count). The summed E-state index contributed by atoms with van der Waals surface area (Å²) in [6.07, 6.45) is 2.45. The van der Waals surface area contributed by atoms with Gasteiger partial charge in [0.1, 0.15) is 0 Å². The number of likely N-dealkylation sites (tertiary alicyclic amines) is 1. The summed E-state index contributed by atoms with van der Waals surface area (Å²) in [4.78, 5) is 25.1. The molecular weight excluding hydrogens is 234 g/mol. The second-order valence-electron chi connectivity index (χ2n) is 5.19. The van der Waals surface area contributed by atoms with Gasteiger partial charge in [-0.1, -0.05) is 0 Å². The van der Waals surface area contributed by atoms with Crippen molar-refractivity contribution in [3.8, 4) is 0 Å². The lowest BCUT2D eigenvalue weighted by Crippen LogP contribution is -2.54. The molecule has 3 unspecified atom stereocenters. The van der Waals surface area contributed by atoms with Crippen LogP contribution >= 0.6 is 0 Å². The van der Waals surface area contributed by atoms with Crippen molar-refractivity contribution in [3.63, 3.8) is 0 Å². The minimum Gasteiger partial charge on any atom is -0.379 e. The fraction of sp³-hybridized carbons (Fsp3) is 0.833. The minimum atomic E-state index is -0.316. The molecule has 0 aromatic heterocycles. The third kappa shape index (κ3) is 2.93. The van der Waals surface area contributed by atoms with E-state index in [4.69, 9.17) is 10.5 Å². The predicted molar refractivity (Wildman–Crippen MR) is 65.8 cm³/mol. The fourth-order valence-electron chi connectivity index (χ4n) is 2.53. The molecule has 2 saturated heterocycles. The molecule has 0 aromatic carbocycles. The van der Waals surface area contributed by atoms with E-state index in [1.165, 1.54) is 0 Å². The van der Waals surface area contributed by atoms with Gasteiger partial charge in [0.25, 0.3) is 0 Å². The molecule has 0 aliphatic carbocycles. The van der Waals surface area contributed by atoms with Gasteiger partial charge in [-0.25, -0.2) is 4.79 Å². The first-order chi connectivity index (χ1) is 8.58. The topological polar surface area (TPSA) is 84.7 Å². The SMILES string of the molecule is CC1CCC(C(N)=O)CN1C(=O)NC1CCOC1. The Morgan fingerprint density at radius 3 is 2.72 bits per heavy atom. The molecule has 0 saturated carbocycles. The molecule has 3 amide bonds. The third-order valence-electron chi connectivity index (χ3n) is 3.80. The van der Waals surface area contributed by atoms with Crippen LogP contribution in [0.1, 0.15) is 26.2 Å². The number of piperidine rings is 1. The van der Waals surface area contributed by atoms with Crippen molar-refractivity contribution in [2.75, 3.05) is 19.8 Å². The highest BCUT2D eigenvalue weighted by molar-refractivity contribution is 5.79. The fourth-order valence-corrected chi connectivity index (χ4v) is 2.53. The van der Waals surface area contributed by atoms with E-state index in [2.05, 4.69) is 5.32 Å². The minimum absolute atomic E-state index is 0.0960. The molecule has 2 heterocycles. The van der Waals surface area contributed by atoms with Crippen LogP contribution in [-0.4, -0.2) is 48.7 Å². The van der Waals surface area contributed by atoms with Gasteiger partial charge >= 0.3 is 6.03 Å². The molecule has 102 valence electrons. The third-order valence-corrected chi connectivity index (χ3v) is 3.80. The quantitative estimate of drug-likeness (QED) is 0.732. The lowest BCUT2D eigenvalue weighted by Gasteiger charge is -2.37. The Bertz CT molecular complexity index is 329. The van der Waals surface area contributed by atoms with E-state index < -0.39 is 0 Å². The van der Waals surface area contributed by atoms with Crippen LogP contribution in [0.5, 0.6) is 0 Å². The van der Waals surface area contributed by atoms with E-state index in [0.29, 0.717) is 19.8 Å². The van der Waals surface area contributed by atoms with Crippen LogP contribution in [0.2, 0.25) is 0 Å². The zero-order valence-electron chi connectivity index (χ0n) is 10.7.